The van der Waals surface area contributed by atoms with E-state index in [1.165, 1.54) is 44.2 Å². The Morgan fingerprint density at radius 2 is 2.04 bits per heavy atom. The molecule has 1 aliphatic heterocycles. The molecule has 122 valence electrons. The van der Waals surface area contributed by atoms with Crippen molar-refractivity contribution in [3.8, 4) is 0 Å². The first-order valence-corrected chi connectivity index (χ1v) is 8.69. The number of aromatic nitrogens is 1. The fourth-order valence-electron chi connectivity index (χ4n) is 4.16. The molecule has 2 aromatic rings. The smallest absolute Gasteiger partial charge is 0.125 e. The summed E-state index contributed by atoms with van der Waals surface area (Å²) in [5, 5.41) is 4.66. The summed E-state index contributed by atoms with van der Waals surface area (Å²) < 4.78 is 19.6. The van der Waals surface area contributed by atoms with Gasteiger partial charge in [0.2, 0.25) is 0 Å². The molecule has 1 aromatic carbocycles. The number of pyridine rings is 1. The van der Waals surface area contributed by atoms with E-state index in [1.807, 2.05) is 12.1 Å². The summed E-state index contributed by atoms with van der Waals surface area (Å²) >= 11 is 0. The standard InChI is InChI=1S/C19H23FN2O/c20-14-4-5-16-17(6-10-21-18(16)12-14)22-15-7-11-23-19(13-15)8-2-1-3-9-19/h4-6,10,12,15H,1-3,7-9,11,13H2,(H,21,22). The molecular formula is C19H23FN2O. The predicted molar refractivity (Wildman–Crippen MR) is 90.1 cm³/mol. The van der Waals surface area contributed by atoms with Crippen molar-refractivity contribution in [2.75, 3.05) is 11.9 Å². The maximum Gasteiger partial charge on any atom is 0.125 e. The minimum atomic E-state index is -0.241. The van der Waals surface area contributed by atoms with Crippen LogP contribution in [0.15, 0.2) is 30.5 Å². The molecule has 1 unspecified atom stereocenters. The number of hydrogen-bond acceptors (Lipinski definition) is 3. The summed E-state index contributed by atoms with van der Waals surface area (Å²) in [6.45, 7) is 0.829. The molecule has 23 heavy (non-hydrogen) atoms. The number of benzene rings is 1. The molecule has 1 N–H and O–H groups in total. The molecule has 2 heterocycles. The predicted octanol–water partition coefficient (Wildman–Crippen LogP) is 4.67. The summed E-state index contributed by atoms with van der Waals surface area (Å²) in [6.07, 6.45) is 10.1. The third-order valence-corrected chi connectivity index (χ3v) is 5.32. The van der Waals surface area contributed by atoms with E-state index >= 15 is 0 Å². The van der Waals surface area contributed by atoms with Gasteiger partial charge in [0.05, 0.1) is 11.1 Å². The van der Waals surface area contributed by atoms with Gasteiger partial charge in [-0.3, -0.25) is 4.98 Å². The van der Waals surface area contributed by atoms with E-state index in [0.717, 1.165) is 30.5 Å². The Balaban J connectivity index is 1.56. The van der Waals surface area contributed by atoms with Crippen molar-refractivity contribution in [1.82, 2.24) is 4.98 Å². The van der Waals surface area contributed by atoms with Gasteiger partial charge in [0.15, 0.2) is 0 Å². The third kappa shape index (κ3) is 3.05. The zero-order valence-corrected chi connectivity index (χ0v) is 13.4. The second-order valence-corrected chi connectivity index (χ2v) is 6.95. The highest BCUT2D eigenvalue weighted by molar-refractivity contribution is 5.91. The maximum absolute atomic E-state index is 13.4. The third-order valence-electron chi connectivity index (χ3n) is 5.32. The van der Waals surface area contributed by atoms with Crippen molar-refractivity contribution >= 4 is 16.6 Å². The highest BCUT2D eigenvalue weighted by atomic mass is 19.1. The monoisotopic (exact) mass is 314 g/mol. The quantitative estimate of drug-likeness (QED) is 0.875. The van der Waals surface area contributed by atoms with Crippen LogP contribution < -0.4 is 5.32 Å². The van der Waals surface area contributed by atoms with Gasteiger partial charge < -0.3 is 10.1 Å². The highest BCUT2D eigenvalue weighted by Crippen LogP contribution is 2.39. The number of nitrogens with one attached hydrogen (secondary N) is 1. The van der Waals surface area contributed by atoms with Gasteiger partial charge in [-0.05, 0) is 43.9 Å². The van der Waals surface area contributed by atoms with Gasteiger partial charge in [-0.25, -0.2) is 4.39 Å². The summed E-state index contributed by atoms with van der Waals surface area (Å²) in [5.74, 6) is -0.241. The Morgan fingerprint density at radius 1 is 1.17 bits per heavy atom. The molecule has 1 saturated heterocycles. The molecule has 4 rings (SSSR count). The first-order valence-electron chi connectivity index (χ1n) is 8.69. The van der Waals surface area contributed by atoms with Gasteiger partial charge in [-0.2, -0.15) is 0 Å². The van der Waals surface area contributed by atoms with E-state index < -0.39 is 0 Å². The Bertz CT molecular complexity index is 691. The van der Waals surface area contributed by atoms with E-state index in [1.54, 1.807) is 6.20 Å². The van der Waals surface area contributed by atoms with Gasteiger partial charge in [-0.15, -0.1) is 0 Å². The lowest BCUT2D eigenvalue weighted by atomic mass is 9.78. The molecule has 3 nitrogen and oxygen atoms in total. The summed E-state index contributed by atoms with van der Waals surface area (Å²) in [6, 6.07) is 7.21. The van der Waals surface area contributed by atoms with Gasteiger partial charge in [0, 0.05) is 36.0 Å². The largest absolute Gasteiger partial charge is 0.382 e. The molecule has 0 bridgehead atoms. The van der Waals surface area contributed by atoms with Gasteiger partial charge in [0.25, 0.3) is 0 Å². The van der Waals surface area contributed by atoms with Gasteiger partial charge in [0.1, 0.15) is 5.82 Å². The minimum Gasteiger partial charge on any atom is -0.382 e. The second-order valence-electron chi connectivity index (χ2n) is 6.95. The number of halogens is 1. The molecule has 1 spiro atoms. The van der Waals surface area contributed by atoms with Crippen molar-refractivity contribution in [3.63, 3.8) is 0 Å². The number of hydrogen-bond donors (Lipinski definition) is 1. The van der Waals surface area contributed by atoms with Crippen LogP contribution in [-0.2, 0) is 4.74 Å². The zero-order valence-electron chi connectivity index (χ0n) is 13.4. The van der Waals surface area contributed by atoms with Crippen LogP contribution in [0.25, 0.3) is 10.9 Å². The number of ether oxygens (including phenoxy) is 1. The summed E-state index contributed by atoms with van der Waals surface area (Å²) in [7, 11) is 0. The van der Waals surface area contributed by atoms with Crippen LogP contribution >= 0.6 is 0 Å². The van der Waals surface area contributed by atoms with E-state index in [4.69, 9.17) is 4.74 Å². The molecule has 0 amide bonds. The van der Waals surface area contributed by atoms with Crippen LogP contribution in [0.4, 0.5) is 10.1 Å². The van der Waals surface area contributed by atoms with Crippen LogP contribution in [0.2, 0.25) is 0 Å². The molecule has 0 radical (unpaired) electrons. The number of nitrogens with zero attached hydrogens (tertiary/aromatic N) is 1. The Morgan fingerprint density at radius 3 is 2.91 bits per heavy atom. The van der Waals surface area contributed by atoms with Crippen molar-refractivity contribution in [2.24, 2.45) is 0 Å². The van der Waals surface area contributed by atoms with Gasteiger partial charge in [-0.1, -0.05) is 19.3 Å². The number of rotatable bonds is 2. The van der Waals surface area contributed by atoms with Crippen LogP contribution in [0, 0.1) is 5.82 Å². The van der Waals surface area contributed by atoms with E-state index in [9.17, 15) is 4.39 Å². The molecule has 4 heteroatoms. The molecule has 1 atom stereocenters. The lowest BCUT2D eigenvalue weighted by Gasteiger charge is -2.44. The number of fused-ring (bicyclic) bond motifs is 1. The zero-order chi connectivity index (χ0) is 15.7. The Labute approximate surface area is 136 Å². The van der Waals surface area contributed by atoms with Crippen molar-refractivity contribution in [2.45, 2.75) is 56.6 Å². The van der Waals surface area contributed by atoms with E-state index in [-0.39, 0.29) is 11.4 Å². The fourth-order valence-corrected chi connectivity index (χ4v) is 4.16. The van der Waals surface area contributed by atoms with E-state index in [0.29, 0.717) is 11.6 Å². The van der Waals surface area contributed by atoms with Crippen LogP contribution in [0.3, 0.4) is 0 Å². The SMILES string of the molecule is Fc1ccc2c(NC3CCOC4(CCCCC4)C3)ccnc2c1. The molecule has 1 aliphatic carbocycles. The Hall–Kier alpha value is -1.68. The molecule has 2 aliphatic rings. The fraction of sp³-hybridized carbons (Fsp3) is 0.526. The Kier molecular flexibility index (Phi) is 3.93. The second kappa shape index (κ2) is 6.08. The molecule has 2 fully saturated rings. The van der Waals surface area contributed by atoms with Crippen LogP contribution in [0.1, 0.15) is 44.9 Å². The number of anilines is 1. The normalized spacial score (nSPS) is 24.0. The maximum atomic E-state index is 13.4. The summed E-state index contributed by atoms with van der Waals surface area (Å²) in [4.78, 5) is 4.27. The van der Waals surface area contributed by atoms with Crippen molar-refractivity contribution < 1.29 is 9.13 Å². The van der Waals surface area contributed by atoms with Crippen LogP contribution in [0.5, 0.6) is 0 Å². The lowest BCUT2D eigenvalue weighted by Crippen LogP contribution is -2.45. The molecule has 1 saturated carbocycles. The van der Waals surface area contributed by atoms with Crippen molar-refractivity contribution in [1.29, 1.82) is 0 Å². The highest BCUT2D eigenvalue weighted by Gasteiger charge is 2.38. The van der Waals surface area contributed by atoms with Gasteiger partial charge >= 0.3 is 0 Å². The average Bonchev–Trinajstić information content (AvgIpc) is 2.55. The van der Waals surface area contributed by atoms with Crippen LogP contribution in [-0.4, -0.2) is 23.2 Å². The first-order chi connectivity index (χ1) is 11.2. The topological polar surface area (TPSA) is 34.1 Å². The lowest BCUT2D eigenvalue weighted by molar-refractivity contribution is -0.103. The van der Waals surface area contributed by atoms with Crippen molar-refractivity contribution in [3.05, 3.63) is 36.3 Å². The summed E-state index contributed by atoms with van der Waals surface area (Å²) in [5.41, 5.74) is 1.84. The molecule has 1 aromatic heterocycles. The first kappa shape index (κ1) is 14.9. The average molecular weight is 314 g/mol. The van der Waals surface area contributed by atoms with E-state index in [2.05, 4.69) is 10.3 Å². The molecular weight excluding hydrogens is 291 g/mol. The minimum absolute atomic E-state index is 0.0864.